The minimum absolute atomic E-state index is 0.00676. The molecule has 2 aromatic carbocycles. The minimum Gasteiger partial charge on any atom is -0.511 e. The van der Waals surface area contributed by atoms with Gasteiger partial charge in [0.15, 0.2) is 5.41 Å². The molecular formula is C26H21F3N2O5S. The normalized spacial score (nSPS) is 20.9. The average Bonchev–Trinajstić information content (AvgIpc) is 2.91. The Kier molecular flexibility index (Phi) is 7.89. The number of carbonyl (C=O) groups is 2. The van der Waals surface area contributed by atoms with Crippen LogP contribution >= 0.6 is 11.8 Å². The van der Waals surface area contributed by atoms with Crippen molar-refractivity contribution >= 4 is 23.7 Å². The standard InChI is InChI=1S/C26H21F3N2O5S/c1-35-23(33)18-20(14-4-8-16(9-5-14)26(27,28)29)25(12-30,13-31)21(19(22(18)32)24(34)36-2)15-6-10-17(37-3)11-7-15/h4-11,18,20-21,32H,1-3H3/t18-,20+,21+/m0/s1. The van der Waals surface area contributed by atoms with Gasteiger partial charge in [-0.2, -0.15) is 23.7 Å². The first-order valence-electron chi connectivity index (χ1n) is 10.7. The number of hydrogen-bond donors (Lipinski definition) is 1. The number of nitrogens with zero attached hydrogens (tertiary/aromatic N) is 2. The Labute approximate surface area is 215 Å². The highest BCUT2D eigenvalue weighted by atomic mass is 32.2. The molecule has 0 amide bonds. The quantitative estimate of drug-likeness (QED) is 0.418. The molecule has 0 aliphatic heterocycles. The largest absolute Gasteiger partial charge is 0.511 e. The molecule has 0 spiro atoms. The Morgan fingerprint density at radius 1 is 0.973 bits per heavy atom. The van der Waals surface area contributed by atoms with E-state index in [0.29, 0.717) is 0 Å². The van der Waals surface area contributed by atoms with E-state index in [1.807, 2.05) is 18.4 Å². The first-order chi connectivity index (χ1) is 17.5. The van der Waals surface area contributed by atoms with Crippen molar-refractivity contribution in [2.24, 2.45) is 11.3 Å². The van der Waals surface area contributed by atoms with Gasteiger partial charge in [-0.15, -0.1) is 11.8 Å². The maximum atomic E-state index is 13.2. The van der Waals surface area contributed by atoms with Crippen molar-refractivity contribution in [3.8, 4) is 12.1 Å². The van der Waals surface area contributed by atoms with Crippen LogP contribution in [0, 0.1) is 34.0 Å². The van der Waals surface area contributed by atoms with Crippen LogP contribution in [0.5, 0.6) is 0 Å². The molecular weight excluding hydrogens is 509 g/mol. The van der Waals surface area contributed by atoms with E-state index in [0.717, 1.165) is 43.4 Å². The highest BCUT2D eigenvalue weighted by Crippen LogP contribution is 2.59. The molecule has 1 aliphatic carbocycles. The molecule has 0 bridgehead atoms. The number of carbonyl (C=O) groups excluding carboxylic acids is 2. The highest BCUT2D eigenvalue weighted by Gasteiger charge is 2.61. The summed E-state index contributed by atoms with van der Waals surface area (Å²) in [6, 6.07) is 13.9. The Morgan fingerprint density at radius 3 is 1.95 bits per heavy atom. The number of hydrogen-bond acceptors (Lipinski definition) is 8. The van der Waals surface area contributed by atoms with Crippen LogP contribution < -0.4 is 0 Å². The first-order valence-corrected chi connectivity index (χ1v) is 12.0. The van der Waals surface area contributed by atoms with Gasteiger partial charge in [0, 0.05) is 10.8 Å². The summed E-state index contributed by atoms with van der Waals surface area (Å²) in [5.41, 5.74) is -3.43. The third-order valence-corrected chi connectivity index (χ3v) is 7.16. The summed E-state index contributed by atoms with van der Waals surface area (Å²) in [5.74, 6) is -7.63. The Hall–Kier alpha value is -3.96. The van der Waals surface area contributed by atoms with Crippen molar-refractivity contribution in [1.82, 2.24) is 0 Å². The zero-order chi connectivity index (χ0) is 27.5. The number of alkyl halides is 3. The molecule has 3 atom stereocenters. The molecule has 37 heavy (non-hydrogen) atoms. The zero-order valence-electron chi connectivity index (χ0n) is 19.9. The number of halogens is 3. The van der Waals surface area contributed by atoms with Crippen LogP contribution in [0.15, 0.2) is 64.8 Å². The molecule has 0 saturated heterocycles. The van der Waals surface area contributed by atoms with Crippen LogP contribution in [0.1, 0.15) is 28.5 Å². The van der Waals surface area contributed by atoms with E-state index in [4.69, 9.17) is 9.47 Å². The van der Waals surface area contributed by atoms with Crippen molar-refractivity contribution in [2.45, 2.75) is 22.9 Å². The fraction of sp³-hybridized carbons (Fsp3) is 0.308. The Bertz CT molecular complexity index is 1290. The van der Waals surface area contributed by atoms with Crippen LogP contribution in [0.3, 0.4) is 0 Å². The van der Waals surface area contributed by atoms with Crippen molar-refractivity contribution in [3.63, 3.8) is 0 Å². The number of rotatable bonds is 5. The number of benzene rings is 2. The fourth-order valence-electron chi connectivity index (χ4n) is 4.70. The number of aliphatic hydroxyl groups excluding tert-OH is 1. The lowest BCUT2D eigenvalue weighted by atomic mass is 9.54. The monoisotopic (exact) mass is 530 g/mol. The van der Waals surface area contributed by atoms with Gasteiger partial charge < -0.3 is 14.6 Å². The fourth-order valence-corrected chi connectivity index (χ4v) is 5.11. The van der Waals surface area contributed by atoms with Crippen molar-refractivity contribution < 1.29 is 37.3 Å². The molecule has 0 saturated carbocycles. The van der Waals surface area contributed by atoms with Gasteiger partial charge >= 0.3 is 18.1 Å². The number of aliphatic hydroxyl groups is 1. The smallest absolute Gasteiger partial charge is 0.416 e. The summed E-state index contributed by atoms with van der Waals surface area (Å²) in [6.07, 6.45) is -2.83. The van der Waals surface area contributed by atoms with Crippen LogP contribution in [-0.2, 0) is 25.2 Å². The molecule has 3 rings (SSSR count). The molecule has 0 unspecified atom stereocenters. The third-order valence-electron chi connectivity index (χ3n) is 6.42. The van der Waals surface area contributed by atoms with E-state index in [1.54, 1.807) is 24.3 Å². The second-order valence-corrected chi connectivity index (χ2v) is 9.07. The molecule has 192 valence electrons. The van der Waals surface area contributed by atoms with Gasteiger partial charge in [0.05, 0.1) is 43.4 Å². The van der Waals surface area contributed by atoms with Gasteiger partial charge in [-0.3, -0.25) is 4.79 Å². The average molecular weight is 531 g/mol. The van der Waals surface area contributed by atoms with Crippen LogP contribution in [0.25, 0.3) is 0 Å². The maximum absolute atomic E-state index is 13.2. The molecule has 1 N–H and O–H groups in total. The lowest BCUT2D eigenvalue weighted by Crippen LogP contribution is -2.47. The van der Waals surface area contributed by atoms with Gasteiger partial charge in [-0.25, -0.2) is 4.79 Å². The first kappa shape index (κ1) is 27.6. The summed E-state index contributed by atoms with van der Waals surface area (Å²) in [6.45, 7) is 0. The number of esters is 2. The maximum Gasteiger partial charge on any atom is 0.416 e. The molecule has 2 aromatic rings. The van der Waals surface area contributed by atoms with Gasteiger partial charge in [-0.05, 0) is 41.6 Å². The van der Waals surface area contributed by atoms with E-state index < -0.39 is 58.2 Å². The molecule has 1 aliphatic rings. The molecule has 0 aromatic heterocycles. The lowest BCUT2D eigenvalue weighted by Gasteiger charge is -2.44. The lowest BCUT2D eigenvalue weighted by molar-refractivity contribution is -0.147. The van der Waals surface area contributed by atoms with Crippen molar-refractivity contribution in [1.29, 1.82) is 10.5 Å². The topological polar surface area (TPSA) is 120 Å². The summed E-state index contributed by atoms with van der Waals surface area (Å²) < 4.78 is 49.3. The minimum atomic E-state index is -4.66. The zero-order valence-corrected chi connectivity index (χ0v) is 20.7. The van der Waals surface area contributed by atoms with Crippen LogP contribution in [0.4, 0.5) is 13.2 Å². The van der Waals surface area contributed by atoms with Gasteiger partial charge in [-0.1, -0.05) is 24.3 Å². The summed E-state index contributed by atoms with van der Waals surface area (Å²) in [4.78, 5) is 26.7. The molecule has 7 nitrogen and oxygen atoms in total. The van der Waals surface area contributed by atoms with E-state index in [1.165, 1.54) is 11.8 Å². The predicted molar refractivity (Wildman–Crippen MR) is 126 cm³/mol. The molecule has 0 heterocycles. The summed E-state index contributed by atoms with van der Waals surface area (Å²) in [5, 5.41) is 32.2. The highest BCUT2D eigenvalue weighted by molar-refractivity contribution is 7.98. The van der Waals surface area contributed by atoms with E-state index in [9.17, 15) is 38.4 Å². The predicted octanol–water partition coefficient (Wildman–Crippen LogP) is 5.12. The number of methoxy groups -OCH3 is 2. The van der Waals surface area contributed by atoms with E-state index in [-0.39, 0.29) is 11.1 Å². The third kappa shape index (κ3) is 4.75. The van der Waals surface area contributed by atoms with Gasteiger partial charge in [0.2, 0.25) is 0 Å². The van der Waals surface area contributed by atoms with Crippen LogP contribution in [-0.4, -0.2) is 37.5 Å². The molecule has 0 radical (unpaired) electrons. The molecule has 0 fully saturated rings. The summed E-state index contributed by atoms with van der Waals surface area (Å²) in [7, 11) is 2.04. The second kappa shape index (κ2) is 10.6. The number of ether oxygens (including phenoxy) is 2. The van der Waals surface area contributed by atoms with Crippen molar-refractivity contribution in [3.05, 3.63) is 76.6 Å². The Balaban J connectivity index is 2.43. The van der Waals surface area contributed by atoms with Gasteiger partial charge in [0.25, 0.3) is 0 Å². The number of nitriles is 2. The van der Waals surface area contributed by atoms with Gasteiger partial charge in [0.1, 0.15) is 11.7 Å². The SMILES string of the molecule is COC(=O)C1=C(O)[C@@H](C(=O)OC)[C@@H](c2ccc(C(F)(F)F)cc2)C(C#N)(C#N)[C@@H]1c1ccc(SC)cc1. The summed E-state index contributed by atoms with van der Waals surface area (Å²) >= 11 is 1.42. The van der Waals surface area contributed by atoms with Crippen molar-refractivity contribution in [2.75, 3.05) is 20.5 Å². The van der Waals surface area contributed by atoms with E-state index in [2.05, 4.69) is 0 Å². The second-order valence-electron chi connectivity index (χ2n) is 8.19. The number of thioether (sulfide) groups is 1. The van der Waals surface area contributed by atoms with Crippen LogP contribution in [0.2, 0.25) is 0 Å². The molecule has 11 heteroatoms. The van der Waals surface area contributed by atoms with E-state index >= 15 is 0 Å². The Morgan fingerprint density at radius 2 is 1.51 bits per heavy atom.